The largest absolute Gasteiger partial charge is 0.497 e. The normalized spacial score (nSPS) is 14.1. The van der Waals surface area contributed by atoms with Crippen LogP contribution in [0.4, 0.5) is 11.5 Å². The number of para-hydroxylation sites is 1. The molecular formula is C24H28N4O2. The highest BCUT2D eigenvalue weighted by atomic mass is 16.5. The molecule has 6 heteroatoms. The van der Waals surface area contributed by atoms with E-state index in [1.54, 1.807) is 12.0 Å². The number of aromatic nitrogens is 1. The summed E-state index contributed by atoms with van der Waals surface area (Å²) in [6.07, 6.45) is 0. The van der Waals surface area contributed by atoms with E-state index in [2.05, 4.69) is 21.9 Å². The number of rotatable bonds is 5. The van der Waals surface area contributed by atoms with Gasteiger partial charge in [0.25, 0.3) is 5.91 Å². The van der Waals surface area contributed by atoms with Gasteiger partial charge in [-0.2, -0.15) is 0 Å². The van der Waals surface area contributed by atoms with E-state index in [1.165, 1.54) is 5.69 Å². The number of carbonyl (C=O) groups is 1. The van der Waals surface area contributed by atoms with Crippen LogP contribution < -0.4 is 14.5 Å². The molecule has 0 saturated carbocycles. The van der Waals surface area contributed by atoms with Crippen LogP contribution in [0.5, 0.6) is 5.75 Å². The van der Waals surface area contributed by atoms with Crippen LogP contribution in [0.2, 0.25) is 0 Å². The smallest absolute Gasteiger partial charge is 0.254 e. The van der Waals surface area contributed by atoms with Gasteiger partial charge in [-0.1, -0.05) is 18.2 Å². The maximum Gasteiger partial charge on any atom is 0.254 e. The van der Waals surface area contributed by atoms with Gasteiger partial charge in [0.15, 0.2) is 0 Å². The maximum atomic E-state index is 13.0. The van der Waals surface area contributed by atoms with E-state index in [1.807, 2.05) is 56.4 Å². The number of methoxy groups -OCH3 is 1. The number of pyridine rings is 1. The van der Waals surface area contributed by atoms with Gasteiger partial charge in [0.1, 0.15) is 11.6 Å². The predicted octanol–water partition coefficient (Wildman–Crippen LogP) is 3.66. The monoisotopic (exact) mass is 404 g/mol. The van der Waals surface area contributed by atoms with Crippen LogP contribution in [0, 0.1) is 0 Å². The fraction of sp³-hybridized carbons (Fsp3) is 0.333. The Morgan fingerprint density at radius 1 is 1.03 bits per heavy atom. The first kappa shape index (κ1) is 20.0. The van der Waals surface area contributed by atoms with Gasteiger partial charge in [0.05, 0.1) is 18.2 Å². The molecule has 0 bridgehead atoms. The summed E-state index contributed by atoms with van der Waals surface area (Å²) in [5.41, 5.74) is 2.78. The molecule has 1 fully saturated rings. The summed E-state index contributed by atoms with van der Waals surface area (Å²) in [4.78, 5) is 24.2. The molecule has 1 aliphatic heterocycles. The summed E-state index contributed by atoms with van der Waals surface area (Å²) >= 11 is 0. The Bertz CT molecular complexity index is 1030. The van der Waals surface area contributed by atoms with E-state index in [4.69, 9.17) is 9.72 Å². The molecule has 4 rings (SSSR count). The quantitative estimate of drug-likeness (QED) is 0.650. The molecule has 1 saturated heterocycles. The summed E-state index contributed by atoms with van der Waals surface area (Å²) in [7, 11) is 3.52. The van der Waals surface area contributed by atoms with Crippen molar-refractivity contribution in [2.24, 2.45) is 0 Å². The zero-order chi connectivity index (χ0) is 21.1. The lowest BCUT2D eigenvalue weighted by atomic mass is 10.1. The fourth-order valence-corrected chi connectivity index (χ4v) is 3.84. The summed E-state index contributed by atoms with van der Waals surface area (Å²) in [6.45, 7) is 6.17. The Hall–Kier alpha value is -3.28. The number of anilines is 2. The molecule has 0 N–H and O–H groups in total. The van der Waals surface area contributed by atoms with Gasteiger partial charge in [-0.3, -0.25) is 4.79 Å². The lowest BCUT2D eigenvalue weighted by molar-refractivity contribution is 0.0804. The molecule has 3 aromatic rings. The number of hydrogen-bond acceptors (Lipinski definition) is 5. The Morgan fingerprint density at radius 3 is 2.37 bits per heavy atom. The van der Waals surface area contributed by atoms with Crippen molar-refractivity contribution >= 4 is 28.3 Å². The highest BCUT2D eigenvalue weighted by molar-refractivity contribution is 6.06. The molecule has 2 heterocycles. The summed E-state index contributed by atoms with van der Waals surface area (Å²) in [5, 5.41) is 0.906. The second-order valence-electron chi connectivity index (χ2n) is 7.54. The van der Waals surface area contributed by atoms with Crippen molar-refractivity contribution in [3.63, 3.8) is 0 Å². The van der Waals surface area contributed by atoms with Crippen molar-refractivity contribution in [1.82, 2.24) is 9.88 Å². The maximum absolute atomic E-state index is 13.0. The Morgan fingerprint density at radius 2 is 1.70 bits per heavy atom. The number of piperazine rings is 1. The number of carbonyl (C=O) groups excluding carboxylic acids is 1. The van der Waals surface area contributed by atoms with Crippen LogP contribution in [0.15, 0.2) is 54.6 Å². The Balaban J connectivity index is 1.57. The molecule has 0 radical (unpaired) electrons. The third-order valence-electron chi connectivity index (χ3n) is 5.80. The molecule has 156 valence electrons. The van der Waals surface area contributed by atoms with Crippen LogP contribution in [-0.2, 0) is 0 Å². The van der Waals surface area contributed by atoms with Crippen LogP contribution in [0.25, 0.3) is 10.9 Å². The molecule has 1 amide bonds. The van der Waals surface area contributed by atoms with Gasteiger partial charge >= 0.3 is 0 Å². The minimum absolute atomic E-state index is 0.0363. The average Bonchev–Trinajstić information content (AvgIpc) is 2.82. The van der Waals surface area contributed by atoms with Crippen molar-refractivity contribution in [3.05, 3.63) is 60.2 Å². The third kappa shape index (κ3) is 3.90. The summed E-state index contributed by atoms with van der Waals surface area (Å²) in [6, 6.07) is 18.0. The summed E-state index contributed by atoms with van der Waals surface area (Å²) in [5.74, 6) is 1.78. The van der Waals surface area contributed by atoms with Crippen LogP contribution in [0.3, 0.4) is 0 Å². The highest BCUT2D eigenvalue weighted by Gasteiger charge is 2.22. The van der Waals surface area contributed by atoms with Gasteiger partial charge in [-0.25, -0.2) is 4.98 Å². The highest BCUT2D eigenvalue weighted by Crippen LogP contribution is 2.26. The fourth-order valence-electron chi connectivity index (χ4n) is 3.84. The Labute approximate surface area is 177 Å². The molecule has 1 aromatic heterocycles. The van der Waals surface area contributed by atoms with Gasteiger partial charge in [0, 0.05) is 50.8 Å². The van der Waals surface area contributed by atoms with Gasteiger partial charge < -0.3 is 19.4 Å². The number of amides is 1. The molecule has 0 unspecified atom stereocenters. The second kappa shape index (κ2) is 8.61. The minimum Gasteiger partial charge on any atom is -0.497 e. The van der Waals surface area contributed by atoms with Gasteiger partial charge in [0.2, 0.25) is 0 Å². The van der Waals surface area contributed by atoms with E-state index in [-0.39, 0.29) is 5.91 Å². The molecule has 0 spiro atoms. The molecular weight excluding hydrogens is 376 g/mol. The van der Waals surface area contributed by atoms with Crippen LogP contribution >= 0.6 is 0 Å². The van der Waals surface area contributed by atoms with E-state index in [0.717, 1.165) is 54.2 Å². The van der Waals surface area contributed by atoms with Gasteiger partial charge in [-0.05, 0) is 43.3 Å². The molecule has 1 aliphatic rings. The molecule has 2 aromatic carbocycles. The van der Waals surface area contributed by atoms with E-state index < -0.39 is 0 Å². The van der Waals surface area contributed by atoms with E-state index in [0.29, 0.717) is 6.54 Å². The molecule has 0 aliphatic carbocycles. The first-order valence-electron chi connectivity index (χ1n) is 10.4. The lowest BCUT2D eigenvalue weighted by Gasteiger charge is -2.37. The number of ether oxygens (including phenoxy) is 1. The predicted molar refractivity (Wildman–Crippen MR) is 122 cm³/mol. The number of benzene rings is 2. The zero-order valence-electron chi connectivity index (χ0n) is 17.8. The molecule has 30 heavy (non-hydrogen) atoms. The van der Waals surface area contributed by atoms with Crippen LogP contribution in [0.1, 0.15) is 17.3 Å². The molecule has 0 atom stereocenters. The van der Waals surface area contributed by atoms with Crippen LogP contribution in [-0.4, -0.2) is 62.7 Å². The summed E-state index contributed by atoms with van der Waals surface area (Å²) < 4.78 is 5.26. The Kier molecular flexibility index (Phi) is 5.74. The first-order valence-corrected chi connectivity index (χ1v) is 10.4. The average molecular weight is 405 g/mol. The standard InChI is InChI=1S/C24H28N4O2/c1-4-26(2)24(29)21-17-23(25-22-8-6-5-7-20(21)22)28-15-13-27(14-16-28)18-9-11-19(30-3)12-10-18/h5-12,17H,4,13-16H2,1-3H3. The van der Waals surface area contributed by atoms with Crippen molar-refractivity contribution in [2.75, 3.05) is 56.7 Å². The number of fused-ring (bicyclic) bond motifs is 1. The zero-order valence-corrected chi connectivity index (χ0v) is 17.8. The van der Waals surface area contributed by atoms with Crippen molar-refractivity contribution in [3.8, 4) is 5.75 Å². The lowest BCUT2D eigenvalue weighted by Crippen LogP contribution is -2.47. The van der Waals surface area contributed by atoms with Crippen molar-refractivity contribution < 1.29 is 9.53 Å². The van der Waals surface area contributed by atoms with Gasteiger partial charge in [-0.15, -0.1) is 0 Å². The second-order valence-corrected chi connectivity index (χ2v) is 7.54. The molecule has 6 nitrogen and oxygen atoms in total. The first-order chi connectivity index (χ1) is 14.6. The number of hydrogen-bond donors (Lipinski definition) is 0. The SMILES string of the molecule is CCN(C)C(=O)c1cc(N2CCN(c3ccc(OC)cc3)CC2)nc2ccccc12. The van der Waals surface area contributed by atoms with Crippen molar-refractivity contribution in [1.29, 1.82) is 0 Å². The van der Waals surface area contributed by atoms with E-state index >= 15 is 0 Å². The minimum atomic E-state index is 0.0363. The van der Waals surface area contributed by atoms with Crippen molar-refractivity contribution in [2.45, 2.75) is 6.92 Å². The number of nitrogens with zero attached hydrogens (tertiary/aromatic N) is 4. The third-order valence-corrected chi connectivity index (χ3v) is 5.80. The topological polar surface area (TPSA) is 48.9 Å². The van der Waals surface area contributed by atoms with E-state index in [9.17, 15) is 4.79 Å².